The van der Waals surface area contributed by atoms with Gasteiger partial charge in [0.05, 0.1) is 0 Å². The van der Waals surface area contributed by atoms with Crippen molar-refractivity contribution >= 4 is 5.97 Å². The Kier molecular flexibility index (Phi) is 20.0. The molecule has 0 aromatic heterocycles. The number of para-hydroxylation sites is 2. The third kappa shape index (κ3) is 16.6. The molecule has 0 saturated heterocycles. The molecule has 0 aliphatic rings. The maximum atomic E-state index is 11.7. The topological polar surface area (TPSA) is 46.5 Å². The third-order valence-electron chi connectivity index (χ3n) is 5.27. The van der Waals surface area contributed by atoms with E-state index in [2.05, 4.69) is 27.2 Å². The van der Waals surface area contributed by atoms with Gasteiger partial charge in [0, 0.05) is 21.7 Å². The number of hydrogen-bond acceptors (Lipinski definition) is 3. The Balaban J connectivity index is 0.000000602. The van der Waals surface area contributed by atoms with E-state index >= 15 is 0 Å². The molecule has 0 bridgehead atoms. The van der Waals surface area contributed by atoms with Crippen molar-refractivity contribution in [1.29, 1.82) is 0 Å². The molecule has 0 amide bonds. The number of benzene rings is 2. The number of carbonyl (C=O) groups excluding carboxylic acids is 1. The van der Waals surface area contributed by atoms with E-state index in [9.17, 15) is 9.90 Å². The van der Waals surface area contributed by atoms with Crippen LogP contribution in [0.25, 0.3) is 0 Å². The number of phenols is 1. The van der Waals surface area contributed by atoms with Gasteiger partial charge in [-0.2, -0.15) is 12.3 Å². The number of carbonyl (C=O) groups is 1. The van der Waals surface area contributed by atoms with Crippen LogP contribution in [0.5, 0.6) is 11.5 Å². The Hall–Kier alpha value is -1.58. The predicted molar refractivity (Wildman–Crippen MR) is 135 cm³/mol. The number of phenolic OH excluding ortho intramolecular Hbond substituents is 1. The fourth-order valence-corrected chi connectivity index (χ4v) is 3.38. The standard InChI is InChI=1S/C16H33.C13H10O3.Ti/c1-4-5-6-7-8-9-10-11-12-13-14-15-16(2)3;14-12-9-5-4-8-11(12)13(15)16-10-6-2-1-3-7-10;/h15-16H,4-14H2,1-3H3;1-9,14H;/q-1;;. The van der Waals surface area contributed by atoms with Crippen LogP contribution >= 0.6 is 0 Å². The second-order valence-electron chi connectivity index (χ2n) is 8.67. The normalized spacial score (nSPS) is 10.2. The van der Waals surface area contributed by atoms with Gasteiger partial charge in [0.15, 0.2) is 0 Å². The molecule has 0 atom stereocenters. The summed E-state index contributed by atoms with van der Waals surface area (Å²) in [6.07, 6.45) is 18.2. The van der Waals surface area contributed by atoms with Gasteiger partial charge in [-0.15, -0.1) is 0 Å². The fourth-order valence-electron chi connectivity index (χ4n) is 3.38. The molecule has 33 heavy (non-hydrogen) atoms. The molecule has 0 unspecified atom stereocenters. The summed E-state index contributed by atoms with van der Waals surface area (Å²) < 4.78 is 5.08. The average Bonchev–Trinajstić information content (AvgIpc) is 2.78. The van der Waals surface area contributed by atoms with Gasteiger partial charge in [-0.25, -0.2) is 4.79 Å². The SMILES string of the molecule is CCCCCCCCCCCC[CH-]C(C)C.O=C(Oc1ccccc1)c1ccccc1O.[Ti]. The van der Waals surface area contributed by atoms with E-state index in [4.69, 9.17) is 4.74 Å². The molecule has 0 spiro atoms. The quantitative estimate of drug-likeness (QED) is 0.0952. The van der Waals surface area contributed by atoms with E-state index in [-0.39, 0.29) is 33.0 Å². The summed E-state index contributed by atoms with van der Waals surface area (Å²) in [6.45, 7) is 6.83. The van der Waals surface area contributed by atoms with Crippen molar-refractivity contribution in [3.05, 3.63) is 66.6 Å². The van der Waals surface area contributed by atoms with E-state index in [1.807, 2.05) is 6.07 Å². The van der Waals surface area contributed by atoms with Crippen LogP contribution in [-0.2, 0) is 21.7 Å². The Morgan fingerprint density at radius 2 is 1.33 bits per heavy atom. The minimum Gasteiger partial charge on any atom is -0.507 e. The molecule has 0 fully saturated rings. The Labute approximate surface area is 217 Å². The number of rotatable bonds is 14. The van der Waals surface area contributed by atoms with Gasteiger partial charge in [0.1, 0.15) is 17.1 Å². The first-order chi connectivity index (χ1) is 15.5. The maximum Gasteiger partial charge on any atom is 0.347 e. The number of unbranched alkanes of at least 4 members (excludes halogenated alkanes) is 10. The number of esters is 1. The first-order valence-corrected chi connectivity index (χ1v) is 12.4. The van der Waals surface area contributed by atoms with Gasteiger partial charge in [-0.05, 0) is 24.3 Å². The predicted octanol–water partition coefficient (Wildman–Crippen LogP) is 8.77. The fraction of sp³-hybridized carbons (Fsp3) is 0.517. The van der Waals surface area contributed by atoms with Gasteiger partial charge in [0.2, 0.25) is 0 Å². The molecule has 4 heteroatoms. The van der Waals surface area contributed by atoms with Gasteiger partial charge >= 0.3 is 5.97 Å². The van der Waals surface area contributed by atoms with Gasteiger partial charge in [-0.3, -0.25) is 0 Å². The average molecular weight is 488 g/mol. The summed E-state index contributed by atoms with van der Waals surface area (Å²) in [5.74, 6) is 0.585. The van der Waals surface area contributed by atoms with Crippen LogP contribution in [0.1, 0.15) is 102 Å². The van der Waals surface area contributed by atoms with Crippen LogP contribution in [0.15, 0.2) is 54.6 Å². The van der Waals surface area contributed by atoms with Crippen LogP contribution < -0.4 is 4.74 Å². The van der Waals surface area contributed by atoms with E-state index in [1.54, 1.807) is 36.4 Å². The van der Waals surface area contributed by atoms with Crippen molar-refractivity contribution in [3.8, 4) is 11.5 Å². The summed E-state index contributed by atoms with van der Waals surface area (Å²) in [4.78, 5) is 11.7. The summed E-state index contributed by atoms with van der Waals surface area (Å²) in [6, 6.07) is 15.0. The smallest absolute Gasteiger partial charge is 0.347 e. The van der Waals surface area contributed by atoms with Gasteiger partial charge < -0.3 is 16.3 Å². The molecule has 2 aromatic carbocycles. The summed E-state index contributed by atoms with van der Waals surface area (Å²) >= 11 is 0. The molecule has 2 aromatic rings. The van der Waals surface area contributed by atoms with Crippen molar-refractivity contribution in [2.24, 2.45) is 5.92 Å². The summed E-state index contributed by atoms with van der Waals surface area (Å²) in [5, 5.41) is 9.46. The van der Waals surface area contributed by atoms with Crippen molar-refractivity contribution in [2.75, 3.05) is 0 Å². The first kappa shape index (κ1) is 31.4. The van der Waals surface area contributed by atoms with E-state index in [1.165, 1.54) is 82.8 Å². The van der Waals surface area contributed by atoms with E-state index in [0.29, 0.717) is 5.75 Å². The molecular formula is C29H43O3Ti-. The van der Waals surface area contributed by atoms with E-state index in [0.717, 1.165) is 5.92 Å². The van der Waals surface area contributed by atoms with Crippen molar-refractivity contribution < 1.29 is 36.4 Å². The molecule has 3 nitrogen and oxygen atoms in total. The third-order valence-corrected chi connectivity index (χ3v) is 5.27. The van der Waals surface area contributed by atoms with Crippen LogP contribution in [0.4, 0.5) is 0 Å². The Morgan fingerprint density at radius 1 is 0.818 bits per heavy atom. The van der Waals surface area contributed by atoms with Crippen LogP contribution in [-0.4, -0.2) is 11.1 Å². The molecule has 0 aliphatic heterocycles. The number of ether oxygens (including phenoxy) is 1. The zero-order chi connectivity index (χ0) is 23.4. The van der Waals surface area contributed by atoms with Crippen molar-refractivity contribution in [3.63, 3.8) is 0 Å². The maximum absolute atomic E-state index is 11.7. The van der Waals surface area contributed by atoms with E-state index < -0.39 is 5.97 Å². The second kappa shape index (κ2) is 21.0. The zero-order valence-electron chi connectivity index (χ0n) is 20.9. The molecule has 0 aliphatic carbocycles. The molecule has 2 rings (SSSR count). The molecule has 0 saturated carbocycles. The van der Waals surface area contributed by atoms with Crippen LogP contribution in [0.3, 0.4) is 0 Å². The molecule has 182 valence electrons. The Morgan fingerprint density at radius 3 is 1.88 bits per heavy atom. The summed E-state index contributed by atoms with van der Waals surface area (Å²) in [5.41, 5.74) is 0.159. The largest absolute Gasteiger partial charge is 0.507 e. The Bertz CT molecular complexity index is 716. The van der Waals surface area contributed by atoms with Crippen molar-refractivity contribution in [1.82, 2.24) is 0 Å². The van der Waals surface area contributed by atoms with Gasteiger partial charge in [0.25, 0.3) is 0 Å². The van der Waals surface area contributed by atoms with Crippen LogP contribution in [0, 0.1) is 12.3 Å². The van der Waals surface area contributed by atoms with Gasteiger partial charge in [-0.1, -0.05) is 115 Å². The monoisotopic (exact) mass is 487 g/mol. The minimum atomic E-state index is -0.565. The first-order valence-electron chi connectivity index (χ1n) is 12.4. The number of hydrogen-bond donors (Lipinski definition) is 1. The minimum absolute atomic E-state index is 0. The second-order valence-corrected chi connectivity index (χ2v) is 8.67. The number of aromatic hydroxyl groups is 1. The van der Waals surface area contributed by atoms with Crippen molar-refractivity contribution in [2.45, 2.75) is 91.4 Å². The zero-order valence-corrected chi connectivity index (χ0v) is 22.5. The molecule has 0 radical (unpaired) electrons. The van der Waals surface area contributed by atoms with Crippen LogP contribution in [0.2, 0.25) is 0 Å². The molecular weight excluding hydrogens is 444 g/mol. The molecule has 1 N–H and O–H groups in total. The summed E-state index contributed by atoms with van der Waals surface area (Å²) in [7, 11) is 0. The molecule has 0 heterocycles.